The first-order valence-electron chi connectivity index (χ1n) is 5.56. The molecule has 1 aromatic carbocycles. The highest BCUT2D eigenvalue weighted by atomic mass is 32.2. The maximum absolute atomic E-state index is 12.0. The van der Waals surface area contributed by atoms with Crippen LogP contribution in [0.15, 0.2) is 48.4 Å². The quantitative estimate of drug-likeness (QED) is 0.445. The Balaban J connectivity index is 2.15. The van der Waals surface area contributed by atoms with Gasteiger partial charge in [-0.15, -0.1) is 0 Å². The lowest BCUT2D eigenvalue weighted by molar-refractivity contribution is -0.243. The first kappa shape index (κ1) is 11.3. The van der Waals surface area contributed by atoms with Gasteiger partial charge in [-0.2, -0.15) is 0 Å². The number of hydrogen-bond acceptors (Lipinski definition) is 1. The van der Waals surface area contributed by atoms with Gasteiger partial charge in [0.2, 0.25) is 0 Å². The van der Waals surface area contributed by atoms with E-state index in [4.69, 9.17) is 0 Å². The third kappa shape index (κ3) is 2.50. The molecule has 2 atom stereocenters. The largest absolute Gasteiger partial charge is 0.869 e. The van der Waals surface area contributed by atoms with Crippen molar-refractivity contribution < 1.29 is 5.11 Å². The zero-order valence-electron chi connectivity index (χ0n) is 9.26. The molecule has 1 aliphatic heterocycles. The van der Waals surface area contributed by atoms with Crippen molar-refractivity contribution >= 4 is 16.7 Å². The third-order valence-corrected chi connectivity index (χ3v) is 5.32. The van der Waals surface area contributed by atoms with Crippen molar-refractivity contribution in [3.63, 3.8) is 0 Å². The molecule has 0 bridgehead atoms. The monoisotopic (exact) mass is 232 g/mol. The van der Waals surface area contributed by atoms with E-state index in [1.165, 1.54) is 12.8 Å². The Morgan fingerprint density at radius 1 is 1.38 bits per heavy atom. The van der Waals surface area contributed by atoms with Crippen molar-refractivity contribution in [2.75, 3.05) is 5.75 Å². The summed E-state index contributed by atoms with van der Waals surface area (Å²) in [6, 6.07) is 9.50. The summed E-state index contributed by atoms with van der Waals surface area (Å²) >= 11 is 0. The van der Waals surface area contributed by atoms with E-state index < -0.39 is 0 Å². The van der Waals surface area contributed by atoms with E-state index >= 15 is 0 Å². The van der Waals surface area contributed by atoms with E-state index in [2.05, 4.69) is 6.58 Å². The Kier molecular flexibility index (Phi) is 3.73. The third-order valence-electron chi connectivity index (χ3n) is 2.84. The smallest absolute Gasteiger partial charge is 0.141 e. The Hall–Kier alpha value is -1.15. The molecule has 0 aliphatic carbocycles. The summed E-state index contributed by atoms with van der Waals surface area (Å²) in [5, 5.41) is 14.4. The Morgan fingerprint density at radius 3 is 2.81 bits per heavy atom. The van der Waals surface area contributed by atoms with Gasteiger partial charge in [0.05, 0.1) is 0 Å². The fourth-order valence-corrected chi connectivity index (χ4v) is 4.17. The molecule has 0 amide bonds. The molecule has 1 aromatic rings. The summed E-state index contributed by atoms with van der Waals surface area (Å²) in [5.41, 5.74) is 0.796. The van der Waals surface area contributed by atoms with Crippen molar-refractivity contribution in [2.45, 2.75) is 18.1 Å². The van der Waals surface area contributed by atoms with Gasteiger partial charge in [0.1, 0.15) is 16.4 Å². The van der Waals surface area contributed by atoms with E-state index in [1.54, 1.807) is 0 Å². The molecular weight excluding hydrogens is 216 g/mol. The highest BCUT2D eigenvalue weighted by Gasteiger charge is 2.31. The van der Waals surface area contributed by atoms with Gasteiger partial charge in [-0.3, -0.25) is 0 Å². The minimum absolute atomic E-state index is 0.112. The second-order valence-corrected chi connectivity index (χ2v) is 6.13. The minimum Gasteiger partial charge on any atom is -0.869 e. The van der Waals surface area contributed by atoms with Crippen LogP contribution in [0.3, 0.4) is 0 Å². The van der Waals surface area contributed by atoms with E-state index in [0.717, 1.165) is 11.3 Å². The minimum atomic E-state index is 0.112. The Bertz CT molecular complexity index is 383. The van der Waals surface area contributed by atoms with Gasteiger partial charge in [-0.05, 0) is 18.1 Å². The molecule has 1 saturated heterocycles. The molecule has 84 valence electrons. The molecule has 0 aromatic heterocycles. The standard InChI is InChI=1S/C14H16OS/c1-2-13-9-6-10-16(13)11-14(15)12-7-4-3-5-8-12/h2-5,7-8,11,13H,1,6,9-10H2/b14-11-. The molecule has 1 fully saturated rings. The molecular formula is C14H16OS. The van der Waals surface area contributed by atoms with E-state index in [9.17, 15) is 5.11 Å². The van der Waals surface area contributed by atoms with Crippen LogP contribution in [0.4, 0.5) is 0 Å². The molecule has 1 heterocycles. The molecule has 0 saturated carbocycles. The molecule has 16 heavy (non-hydrogen) atoms. The molecule has 1 nitrogen and oxygen atoms in total. The van der Waals surface area contributed by atoms with Crippen LogP contribution in [0.25, 0.3) is 5.76 Å². The molecule has 2 heteroatoms. The van der Waals surface area contributed by atoms with Gasteiger partial charge in [0, 0.05) is 17.3 Å². The van der Waals surface area contributed by atoms with Crippen molar-refractivity contribution in [1.29, 1.82) is 0 Å². The zero-order chi connectivity index (χ0) is 11.4. The van der Waals surface area contributed by atoms with E-state index in [1.807, 2.05) is 41.8 Å². The van der Waals surface area contributed by atoms with Gasteiger partial charge in [0.15, 0.2) is 0 Å². The van der Waals surface area contributed by atoms with Crippen LogP contribution in [0.2, 0.25) is 0 Å². The average molecular weight is 232 g/mol. The van der Waals surface area contributed by atoms with Crippen LogP contribution in [0.5, 0.6) is 0 Å². The van der Waals surface area contributed by atoms with Crippen molar-refractivity contribution in [1.82, 2.24) is 0 Å². The summed E-state index contributed by atoms with van der Waals surface area (Å²) in [7, 11) is 0.112. The lowest BCUT2D eigenvalue weighted by Gasteiger charge is -2.11. The first-order chi connectivity index (χ1) is 7.81. The van der Waals surface area contributed by atoms with Crippen LogP contribution in [0, 0.1) is 0 Å². The summed E-state index contributed by atoms with van der Waals surface area (Å²) in [5.74, 6) is 1.31. The second kappa shape index (κ2) is 5.26. The fraction of sp³-hybridized carbons (Fsp3) is 0.286. The summed E-state index contributed by atoms with van der Waals surface area (Å²) < 4.78 is 0. The molecule has 0 N–H and O–H groups in total. The van der Waals surface area contributed by atoms with Gasteiger partial charge >= 0.3 is 0 Å². The van der Waals surface area contributed by atoms with E-state index in [-0.39, 0.29) is 16.7 Å². The van der Waals surface area contributed by atoms with Crippen molar-refractivity contribution in [3.05, 3.63) is 54.0 Å². The normalized spacial score (nSPS) is 25.6. The van der Waals surface area contributed by atoms with Crippen LogP contribution < -0.4 is 5.11 Å². The molecule has 1 aliphatic rings. The number of benzene rings is 1. The highest BCUT2D eigenvalue weighted by molar-refractivity contribution is 8.00. The van der Waals surface area contributed by atoms with Crippen LogP contribution in [-0.2, 0) is 10.9 Å². The highest BCUT2D eigenvalue weighted by Crippen LogP contribution is 2.26. The second-order valence-electron chi connectivity index (χ2n) is 3.94. The van der Waals surface area contributed by atoms with Gasteiger partial charge in [-0.1, -0.05) is 42.7 Å². The summed E-state index contributed by atoms with van der Waals surface area (Å²) in [4.78, 5) is 0. The van der Waals surface area contributed by atoms with E-state index in [0.29, 0.717) is 5.25 Å². The summed E-state index contributed by atoms with van der Waals surface area (Å²) in [6.45, 7) is 3.85. The van der Waals surface area contributed by atoms with Crippen LogP contribution >= 0.6 is 0 Å². The first-order valence-corrected chi connectivity index (χ1v) is 7.08. The molecule has 2 rings (SSSR count). The number of hydrogen-bond donors (Lipinski definition) is 0. The van der Waals surface area contributed by atoms with Gasteiger partial charge in [0.25, 0.3) is 0 Å². The SMILES string of the molecule is C=CC1CCC[S+]1/C=C(\[O-])c1ccccc1. The van der Waals surface area contributed by atoms with Crippen molar-refractivity contribution in [2.24, 2.45) is 0 Å². The molecule has 2 unspecified atom stereocenters. The molecule has 0 radical (unpaired) electrons. The van der Waals surface area contributed by atoms with Crippen LogP contribution in [-0.4, -0.2) is 11.0 Å². The van der Waals surface area contributed by atoms with Crippen LogP contribution in [0.1, 0.15) is 18.4 Å². The fourth-order valence-electron chi connectivity index (χ4n) is 1.95. The predicted molar refractivity (Wildman–Crippen MR) is 69.9 cm³/mol. The Morgan fingerprint density at radius 2 is 2.12 bits per heavy atom. The Labute approximate surface area is 99.9 Å². The predicted octanol–water partition coefficient (Wildman–Crippen LogP) is 2.31. The maximum atomic E-state index is 12.0. The molecule has 0 spiro atoms. The van der Waals surface area contributed by atoms with Gasteiger partial charge in [-0.25, -0.2) is 0 Å². The number of rotatable bonds is 3. The average Bonchev–Trinajstić information content (AvgIpc) is 2.77. The van der Waals surface area contributed by atoms with Gasteiger partial charge < -0.3 is 5.11 Å². The maximum Gasteiger partial charge on any atom is 0.141 e. The van der Waals surface area contributed by atoms with Crippen molar-refractivity contribution in [3.8, 4) is 0 Å². The lowest BCUT2D eigenvalue weighted by atomic mass is 10.2. The topological polar surface area (TPSA) is 23.1 Å². The zero-order valence-corrected chi connectivity index (χ0v) is 10.1. The lowest BCUT2D eigenvalue weighted by Crippen LogP contribution is -2.14. The summed E-state index contributed by atoms with van der Waals surface area (Å²) in [6.07, 6.45) is 4.41.